The third-order valence-corrected chi connectivity index (χ3v) is 17.1. The van der Waals surface area contributed by atoms with Crippen LogP contribution in [0.3, 0.4) is 0 Å². The maximum atomic E-state index is 11.4. The number of nitrogens with zero attached hydrogens (tertiary/aromatic N) is 2. The van der Waals surface area contributed by atoms with Crippen molar-refractivity contribution in [3.63, 3.8) is 0 Å². The number of hydrogen-bond donors (Lipinski definition) is 1. The van der Waals surface area contributed by atoms with Crippen LogP contribution in [-0.4, -0.2) is 33.3 Å². The van der Waals surface area contributed by atoms with Crippen LogP contribution < -0.4 is 0 Å². The Morgan fingerprint density at radius 3 is 1.69 bits per heavy atom. The van der Waals surface area contributed by atoms with E-state index in [9.17, 15) is 9.90 Å². The standard InChI is InChI=1S/C26H33NO2.C24H31NO/c1-16-13-24-22(23-9-8-21(25(16)23)18-5-4-12-27-15-18)7-6-19-14-20(29-17(2)28)10-11-26(19,24)3;1-15-12-22-20(6-5-17-13-18(26)9-10-24(17,22)2)21-8-7-19(23(15)21)16-4-3-11-25-14-16/h4-6,8,12,15-16,20,22-25H,7,9-11,13-14H2,1-3H3;3-5,7,11,14-15,18,20-23,26H,6,8-10,12-13H2,1-2H3/t16-,20+,22+,23+,24+,25?,26+;15-,18+,20+,21+,22+,23?,24+/m11/s1. The molecule has 4 fully saturated rings. The van der Waals surface area contributed by atoms with Gasteiger partial charge in [-0.1, -0.05) is 75.3 Å². The molecule has 292 valence electrons. The van der Waals surface area contributed by atoms with Gasteiger partial charge >= 0.3 is 5.97 Å². The molecule has 0 bridgehead atoms. The summed E-state index contributed by atoms with van der Waals surface area (Å²) in [6.45, 7) is 11.5. The Kier molecular flexibility index (Phi) is 9.87. The molecule has 55 heavy (non-hydrogen) atoms. The molecule has 1 N–H and O–H groups in total. The van der Waals surface area contributed by atoms with Crippen molar-refractivity contribution >= 4 is 17.1 Å². The molecule has 0 aromatic carbocycles. The molecule has 8 aliphatic rings. The minimum absolute atomic E-state index is 0.0856. The van der Waals surface area contributed by atoms with E-state index in [1.807, 2.05) is 18.6 Å². The molecule has 2 aromatic heterocycles. The molecule has 14 atom stereocenters. The average Bonchev–Trinajstić information content (AvgIpc) is 3.84. The van der Waals surface area contributed by atoms with Crippen LogP contribution in [0.25, 0.3) is 11.1 Å². The third-order valence-electron chi connectivity index (χ3n) is 17.1. The highest BCUT2D eigenvalue weighted by Gasteiger charge is 2.56. The van der Waals surface area contributed by atoms with Gasteiger partial charge in [0.2, 0.25) is 0 Å². The van der Waals surface area contributed by atoms with E-state index < -0.39 is 0 Å². The molecule has 0 aliphatic heterocycles. The number of rotatable bonds is 3. The van der Waals surface area contributed by atoms with Gasteiger partial charge in [0.15, 0.2) is 0 Å². The molecule has 0 radical (unpaired) electrons. The van der Waals surface area contributed by atoms with Gasteiger partial charge in [-0.3, -0.25) is 14.8 Å². The second-order valence-corrected chi connectivity index (χ2v) is 19.8. The highest BCUT2D eigenvalue weighted by Crippen LogP contribution is 2.65. The molecule has 5 nitrogen and oxygen atoms in total. The van der Waals surface area contributed by atoms with Crippen molar-refractivity contribution in [1.82, 2.24) is 9.97 Å². The van der Waals surface area contributed by atoms with Crippen LogP contribution in [0.5, 0.6) is 0 Å². The quantitative estimate of drug-likeness (QED) is 0.251. The lowest BCUT2D eigenvalue weighted by Crippen LogP contribution is -2.49. The van der Waals surface area contributed by atoms with Gasteiger partial charge in [-0.25, -0.2) is 0 Å². The number of fused-ring (bicyclic) bond motifs is 10. The lowest BCUT2D eigenvalue weighted by Gasteiger charge is -2.57. The zero-order valence-electron chi connectivity index (χ0n) is 34.0. The molecule has 0 amide bonds. The molecular weight excluding hydrogens is 677 g/mol. The Labute approximate surface area is 330 Å². The normalized spacial score (nSPS) is 42.5. The van der Waals surface area contributed by atoms with E-state index in [4.69, 9.17) is 4.74 Å². The summed E-state index contributed by atoms with van der Waals surface area (Å²) >= 11 is 0. The van der Waals surface area contributed by atoms with Gasteiger partial charge in [-0.2, -0.15) is 0 Å². The molecule has 2 unspecified atom stereocenters. The summed E-state index contributed by atoms with van der Waals surface area (Å²) in [6, 6.07) is 8.61. The topological polar surface area (TPSA) is 72.3 Å². The van der Waals surface area contributed by atoms with E-state index in [1.54, 1.807) is 22.3 Å². The van der Waals surface area contributed by atoms with Gasteiger partial charge in [0.05, 0.1) is 6.10 Å². The number of aliphatic hydroxyl groups is 1. The van der Waals surface area contributed by atoms with Crippen LogP contribution in [0, 0.1) is 70.0 Å². The Hall–Kier alpha value is -3.31. The number of hydrogen-bond acceptors (Lipinski definition) is 5. The summed E-state index contributed by atoms with van der Waals surface area (Å²) in [5.41, 5.74) is 9.53. The highest BCUT2D eigenvalue weighted by atomic mass is 16.5. The SMILES string of the molecule is CC(=O)O[C@H]1CC[C@@]2(C)C(=CC[C@H]3[C@@H]4CC=C(c5cccnc5)C4[C@H](C)C[C@@H]32)C1.C[C@@H]1C[C@H]2[C@@H](CC=C3C[C@@H](O)CC[C@@]32C)[C@@H]2CC=C(c3cccnc3)C12. The Balaban J connectivity index is 0.000000145. The fourth-order valence-electron chi connectivity index (χ4n) is 14.6. The zero-order valence-corrected chi connectivity index (χ0v) is 34.0. The molecule has 8 aliphatic carbocycles. The van der Waals surface area contributed by atoms with Crippen LogP contribution in [0.15, 0.2) is 84.5 Å². The molecule has 2 aromatic rings. The number of carbonyl (C=O) groups is 1. The second-order valence-electron chi connectivity index (χ2n) is 19.8. The maximum absolute atomic E-state index is 11.4. The fourth-order valence-corrected chi connectivity index (χ4v) is 14.6. The van der Waals surface area contributed by atoms with E-state index >= 15 is 0 Å². The van der Waals surface area contributed by atoms with Gasteiger partial charge in [-0.05, 0) is 175 Å². The first-order valence-corrected chi connectivity index (χ1v) is 22.0. The van der Waals surface area contributed by atoms with Gasteiger partial charge in [0.25, 0.3) is 0 Å². The van der Waals surface area contributed by atoms with Crippen LogP contribution in [0.1, 0.15) is 123 Å². The lowest BCUT2D eigenvalue weighted by molar-refractivity contribution is -0.148. The number of aliphatic hydroxyl groups excluding tert-OH is 1. The first-order chi connectivity index (χ1) is 26.5. The lowest BCUT2D eigenvalue weighted by atomic mass is 9.48. The van der Waals surface area contributed by atoms with Gasteiger partial charge in [0.1, 0.15) is 6.10 Å². The largest absolute Gasteiger partial charge is 0.462 e. The van der Waals surface area contributed by atoms with Gasteiger partial charge < -0.3 is 9.84 Å². The average molecular weight is 741 g/mol. The Morgan fingerprint density at radius 2 is 1.20 bits per heavy atom. The van der Waals surface area contributed by atoms with E-state index in [0.717, 1.165) is 73.5 Å². The van der Waals surface area contributed by atoms with Crippen molar-refractivity contribution in [3.8, 4) is 0 Å². The highest BCUT2D eigenvalue weighted by molar-refractivity contribution is 5.70. The van der Waals surface area contributed by atoms with Crippen molar-refractivity contribution in [2.24, 2.45) is 70.0 Å². The molecule has 4 saturated carbocycles. The van der Waals surface area contributed by atoms with Crippen molar-refractivity contribution in [3.05, 3.63) is 95.6 Å². The van der Waals surface area contributed by atoms with Crippen LogP contribution in [0.2, 0.25) is 0 Å². The third kappa shape index (κ3) is 6.43. The van der Waals surface area contributed by atoms with E-state index in [-0.39, 0.29) is 23.6 Å². The predicted octanol–water partition coefficient (Wildman–Crippen LogP) is 11.1. The number of esters is 1. The molecule has 2 heterocycles. The summed E-state index contributed by atoms with van der Waals surface area (Å²) in [6.07, 6.45) is 31.7. The molecule has 5 heteroatoms. The number of aromatic nitrogens is 2. The summed E-state index contributed by atoms with van der Waals surface area (Å²) < 4.78 is 5.58. The first-order valence-electron chi connectivity index (χ1n) is 22.0. The Bertz CT molecular complexity index is 1880. The number of pyridine rings is 2. The minimum atomic E-state index is -0.137. The number of carbonyl (C=O) groups excluding carboxylic acids is 1. The van der Waals surface area contributed by atoms with Crippen molar-refractivity contribution in [1.29, 1.82) is 0 Å². The van der Waals surface area contributed by atoms with Crippen LogP contribution in [0.4, 0.5) is 0 Å². The zero-order chi connectivity index (χ0) is 38.1. The van der Waals surface area contributed by atoms with Gasteiger partial charge in [0, 0.05) is 38.1 Å². The van der Waals surface area contributed by atoms with Crippen molar-refractivity contribution < 1.29 is 14.6 Å². The maximum Gasteiger partial charge on any atom is 0.302 e. The van der Waals surface area contributed by atoms with Crippen LogP contribution >= 0.6 is 0 Å². The first kappa shape index (κ1) is 37.3. The number of ether oxygens (including phenoxy) is 1. The van der Waals surface area contributed by atoms with Crippen molar-refractivity contribution in [2.75, 3.05) is 0 Å². The molecule has 10 rings (SSSR count). The monoisotopic (exact) mass is 740 g/mol. The van der Waals surface area contributed by atoms with E-state index in [0.29, 0.717) is 23.2 Å². The van der Waals surface area contributed by atoms with Crippen LogP contribution in [-0.2, 0) is 9.53 Å². The smallest absolute Gasteiger partial charge is 0.302 e. The Morgan fingerprint density at radius 1 is 0.709 bits per heavy atom. The summed E-state index contributed by atoms with van der Waals surface area (Å²) in [4.78, 5) is 20.2. The summed E-state index contributed by atoms with van der Waals surface area (Å²) in [5, 5.41) is 10.2. The second kappa shape index (κ2) is 14.6. The summed E-state index contributed by atoms with van der Waals surface area (Å²) in [5.74, 6) is 7.39. The fraction of sp³-hybridized carbons (Fsp3) is 0.620. The molecule has 0 spiro atoms. The van der Waals surface area contributed by atoms with Crippen molar-refractivity contribution in [2.45, 2.75) is 124 Å². The minimum Gasteiger partial charge on any atom is -0.462 e. The number of allylic oxidation sites excluding steroid dienone is 6. The molecular formula is C50H64N2O3. The van der Waals surface area contributed by atoms with E-state index in [2.05, 4.69) is 92.4 Å². The van der Waals surface area contributed by atoms with E-state index in [1.165, 1.54) is 63.0 Å². The predicted molar refractivity (Wildman–Crippen MR) is 220 cm³/mol. The summed E-state index contributed by atoms with van der Waals surface area (Å²) in [7, 11) is 0. The van der Waals surface area contributed by atoms with Gasteiger partial charge in [-0.15, -0.1) is 0 Å². The molecule has 0 saturated heterocycles.